The maximum Gasteiger partial charge on any atom is 0.263 e. The second-order valence-electron chi connectivity index (χ2n) is 7.66. The number of aromatic nitrogens is 1. The van der Waals surface area contributed by atoms with Crippen LogP contribution in [0.2, 0.25) is 10.0 Å². The first-order chi connectivity index (χ1) is 15.6. The number of likely N-dealkylation sites (tertiary alicyclic amines) is 1. The topological polar surface area (TPSA) is 93.4 Å². The van der Waals surface area contributed by atoms with Crippen molar-refractivity contribution in [3.8, 4) is 6.19 Å². The molecule has 32 heavy (non-hydrogen) atoms. The molecule has 1 aliphatic heterocycles. The standard InChI is InChI=1S/C22H26Cl2N6OS/c23-17-12-26-13-18(24)20(17)29-22(28-15-25)27-9-4-2-1-3-6-16-8-10-30(14-16)21(31)19-7-5-11-32-19/h5,7,11-13,16H,1-4,6,8-10,14H2,(H2,26,27,28,29). The fourth-order valence-corrected chi connectivity index (χ4v) is 4.86. The second-order valence-corrected chi connectivity index (χ2v) is 9.42. The molecule has 10 heteroatoms. The molecule has 1 unspecified atom stereocenters. The Morgan fingerprint density at radius 3 is 2.78 bits per heavy atom. The first-order valence-corrected chi connectivity index (χ1v) is 12.3. The van der Waals surface area contributed by atoms with Gasteiger partial charge < -0.3 is 10.2 Å². The second kappa shape index (κ2) is 12.6. The summed E-state index contributed by atoms with van der Waals surface area (Å²) in [5, 5.41) is 17.1. The lowest BCUT2D eigenvalue weighted by Gasteiger charge is -2.15. The van der Waals surface area contributed by atoms with E-state index in [1.165, 1.54) is 23.7 Å². The summed E-state index contributed by atoms with van der Waals surface area (Å²) in [6, 6.07) is 3.82. The number of carbonyl (C=O) groups excluding carboxylic acids is 1. The summed E-state index contributed by atoms with van der Waals surface area (Å²) in [5.74, 6) is 1.08. The van der Waals surface area contributed by atoms with Crippen LogP contribution in [-0.2, 0) is 0 Å². The highest BCUT2D eigenvalue weighted by molar-refractivity contribution is 7.12. The number of unbranched alkanes of at least 4 members (excludes halogenated alkanes) is 3. The molecule has 0 spiro atoms. The molecule has 1 saturated heterocycles. The Hall–Kier alpha value is -2.34. The minimum absolute atomic E-state index is 0.171. The van der Waals surface area contributed by atoms with Crippen LogP contribution in [0, 0.1) is 17.4 Å². The molecule has 1 fully saturated rings. The van der Waals surface area contributed by atoms with Gasteiger partial charge in [-0.3, -0.25) is 20.1 Å². The Labute approximate surface area is 202 Å². The van der Waals surface area contributed by atoms with Gasteiger partial charge in [-0.15, -0.1) is 11.3 Å². The number of anilines is 1. The molecule has 0 aromatic carbocycles. The lowest BCUT2D eigenvalue weighted by molar-refractivity contribution is 0.0791. The number of guanidine groups is 1. The van der Waals surface area contributed by atoms with Crippen molar-refractivity contribution < 1.29 is 4.79 Å². The molecule has 0 radical (unpaired) electrons. The van der Waals surface area contributed by atoms with Gasteiger partial charge in [0, 0.05) is 32.0 Å². The van der Waals surface area contributed by atoms with Gasteiger partial charge in [0.25, 0.3) is 5.91 Å². The number of amides is 1. The van der Waals surface area contributed by atoms with E-state index >= 15 is 0 Å². The summed E-state index contributed by atoms with van der Waals surface area (Å²) in [5.41, 5.74) is 0.466. The van der Waals surface area contributed by atoms with Crippen LogP contribution in [0.15, 0.2) is 34.9 Å². The highest BCUT2D eigenvalue weighted by atomic mass is 35.5. The predicted molar refractivity (Wildman–Crippen MR) is 130 cm³/mol. The molecule has 170 valence electrons. The van der Waals surface area contributed by atoms with Crippen molar-refractivity contribution in [2.45, 2.75) is 38.5 Å². The molecule has 2 aromatic rings. The van der Waals surface area contributed by atoms with E-state index in [4.69, 9.17) is 28.5 Å². The molecule has 7 nitrogen and oxygen atoms in total. The molecule has 0 bridgehead atoms. The van der Waals surface area contributed by atoms with Crippen LogP contribution in [0.4, 0.5) is 5.69 Å². The van der Waals surface area contributed by atoms with Crippen molar-refractivity contribution in [3.05, 3.63) is 44.8 Å². The quantitative estimate of drug-likeness (QED) is 0.160. The average Bonchev–Trinajstić information content (AvgIpc) is 3.47. The number of thiophene rings is 1. The molecule has 2 aromatic heterocycles. The number of aliphatic imine (C=N–C) groups is 1. The number of hydrogen-bond acceptors (Lipinski definition) is 5. The van der Waals surface area contributed by atoms with Crippen LogP contribution >= 0.6 is 34.5 Å². The number of pyridine rings is 1. The van der Waals surface area contributed by atoms with Crippen LogP contribution in [0.25, 0.3) is 0 Å². The molecular weight excluding hydrogens is 467 g/mol. The third kappa shape index (κ3) is 7.09. The smallest absolute Gasteiger partial charge is 0.263 e. The Morgan fingerprint density at radius 1 is 1.28 bits per heavy atom. The van der Waals surface area contributed by atoms with Gasteiger partial charge in [-0.1, -0.05) is 48.5 Å². The summed E-state index contributed by atoms with van der Waals surface area (Å²) in [7, 11) is 0. The van der Waals surface area contributed by atoms with Crippen LogP contribution in [0.1, 0.15) is 48.2 Å². The highest BCUT2D eigenvalue weighted by Gasteiger charge is 2.26. The average molecular weight is 493 g/mol. The number of nitrogens with one attached hydrogen (secondary N) is 2. The van der Waals surface area contributed by atoms with Crippen LogP contribution in [0.3, 0.4) is 0 Å². The van der Waals surface area contributed by atoms with Gasteiger partial charge in [-0.2, -0.15) is 5.26 Å². The molecule has 3 rings (SSSR count). The van der Waals surface area contributed by atoms with Gasteiger partial charge in [-0.25, -0.2) is 0 Å². The van der Waals surface area contributed by atoms with E-state index < -0.39 is 0 Å². The number of nitrogens with zero attached hydrogens (tertiary/aromatic N) is 4. The first kappa shape index (κ1) is 24.3. The normalized spacial score (nSPS) is 16.1. The molecule has 1 amide bonds. The third-order valence-corrected chi connectivity index (χ3v) is 6.80. The van der Waals surface area contributed by atoms with Crippen LogP contribution in [0.5, 0.6) is 0 Å². The van der Waals surface area contributed by atoms with Crippen molar-refractivity contribution in [1.82, 2.24) is 15.2 Å². The minimum Gasteiger partial charge on any atom is -0.338 e. The zero-order chi connectivity index (χ0) is 22.8. The highest BCUT2D eigenvalue weighted by Crippen LogP contribution is 2.28. The summed E-state index contributed by atoms with van der Waals surface area (Å²) in [4.78, 5) is 23.6. The van der Waals surface area contributed by atoms with Gasteiger partial charge in [0.05, 0.1) is 20.6 Å². The Kier molecular flexibility index (Phi) is 9.60. The molecular formula is C22H26Cl2N6OS. The van der Waals surface area contributed by atoms with Crippen molar-refractivity contribution in [2.24, 2.45) is 10.9 Å². The largest absolute Gasteiger partial charge is 0.338 e. The zero-order valence-corrected chi connectivity index (χ0v) is 20.0. The summed E-state index contributed by atoms with van der Waals surface area (Å²) >= 11 is 13.7. The Morgan fingerprint density at radius 2 is 2.06 bits per heavy atom. The van der Waals surface area contributed by atoms with Gasteiger partial charge >= 0.3 is 0 Å². The van der Waals surface area contributed by atoms with E-state index in [1.54, 1.807) is 0 Å². The van der Waals surface area contributed by atoms with Crippen molar-refractivity contribution in [2.75, 3.05) is 25.0 Å². The lowest BCUT2D eigenvalue weighted by Crippen LogP contribution is -2.27. The number of hydrogen-bond donors (Lipinski definition) is 2. The van der Waals surface area contributed by atoms with Gasteiger partial charge in [-0.05, 0) is 36.6 Å². The first-order valence-electron chi connectivity index (χ1n) is 10.7. The van der Waals surface area contributed by atoms with Crippen molar-refractivity contribution in [3.63, 3.8) is 0 Å². The summed E-state index contributed by atoms with van der Waals surface area (Å²) in [6.07, 6.45) is 11.3. The predicted octanol–water partition coefficient (Wildman–Crippen LogP) is 5.40. The van der Waals surface area contributed by atoms with Gasteiger partial charge in [0.1, 0.15) is 0 Å². The van der Waals surface area contributed by atoms with Crippen molar-refractivity contribution in [1.29, 1.82) is 5.26 Å². The number of rotatable bonds is 9. The van der Waals surface area contributed by atoms with E-state index in [2.05, 4.69) is 20.6 Å². The van der Waals surface area contributed by atoms with Gasteiger partial charge in [0.15, 0.2) is 6.19 Å². The van der Waals surface area contributed by atoms with E-state index in [9.17, 15) is 4.79 Å². The third-order valence-electron chi connectivity index (χ3n) is 5.37. The van der Waals surface area contributed by atoms with E-state index in [0.29, 0.717) is 34.2 Å². The lowest BCUT2D eigenvalue weighted by atomic mass is 10.00. The molecule has 1 aliphatic rings. The fraction of sp³-hybridized carbons (Fsp3) is 0.455. The molecule has 1 atom stereocenters. The zero-order valence-electron chi connectivity index (χ0n) is 17.7. The summed E-state index contributed by atoms with van der Waals surface area (Å²) in [6.45, 7) is 2.32. The maximum absolute atomic E-state index is 12.4. The van der Waals surface area contributed by atoms with Crippen LogP contribution in [-0.4, -0.2) is 41.4 Å². The number of halogens is 2. The minimum atomic E-state index is 0.171. The van der Waals surface area contributed by atoms with Crippen molar-refractivity contribution >= 4 is 52.1 Å². The number of carbonyl (C=O) groups is 1. The van der Waals surface area contributed by atoms with E-state index in [1.807, 2.05) is 28.6 Å². The van der Waals surface area contributed by atoms with E-state index in [-0.39, 0.29) is 5.91 Å². The van der Waals surface area contributed by atoms with Crippen LogP contribution < -0.4 is 10.6 Å². The van der Waals surface area contributed by atoms with Gasteiger partial charge in [0.2, 0.25) is 5.96 Å². The Balaban J connectivity index is 1.33. The fourth-order valence-electron chi connectivity index (χ4n) is 3.71. The Bertz CT molecular complexity index is 940. The maximum atomic E-state index is 12.4. The molecule has 0 aliphatic carbocycles. The molecule has 0 saturated carbocycles. The number of nitriles is 1. The molecule has 3 heterocycles. The monoisotopic (exact) mass is 492 g/mol. The molecule has 2 N–H and O–H groups in total. The van der Waals surface area contributed by atoms with E-state index in [0.717, 1.165) is 56.5 Å². The summed E-state index contributed by atoms with van der Waals surface area (Å²) < 4.78 is 0. The SMILES string of the molecule is N#CNC(=NCCCCCCC1CCN(C(=O)c2cccs2)C1)Nc1c(Cl)cncc1Cl.